The molecule has 7 heteroatoms. The van der Waals surface area contributed by atoms with E-state index in [1.807, 2.05) is 0 Å². The van der Waals surface area contributed by atoms with Gasteiger partial charge in [0.1, 0.15) is 17.3 Å². The molecule has 2 fully saturated rings. The first kappa shape index (κ1) is 16.7. The van der Waals surface area contributed by atoms with Crippen LogP contribution in [0.15, 0.2) is 18.2 Å². The lowest BCUT2D eigenvalue weighted by Gasteiger charge is -2.21. The van der Waals surface area contributed by atoms with Gasteiger partial charge in [0.15, 0.2) is 0 Å². The van der Waals surface area contributed by atoms with Gasteiger partial charge < -0.3 is 15.3 Å². The molecule has 1 aromatic carbocycles. The molecule has 2 aliphatic rings. The minimum atomic E-state index is -0.854. The third-order valence-electron chi connectivity index (χ3n) is 4.94. The zero-order chi connectivity index (χ0) is 17.3. The Morgan fingerprint density at radius 3 is 2.42 bits per heavy atom. The molecular formula is C17H20F2N2O3. The van der Waals surface area contributed by atoms with Crippen molar-refractivity contribution in [3.8, 4) is 0 Å². The minimum Gasteiger partial charge on any atom is -0.481 e. The van der Waals surface area contributed by atoms with E-state index in [2.05, 4.69) is 5.32 Å². The lowest BCUT2D eigenvalue weighted by Crippen LogP contribution is -2.40. The standard InChI is InChI=1S/C17H20F2N2O3/c18-13-2-1-3-14(19)15(13)21-7-6-12(9-21)20-16(22)10-4-5-11(8-10)17(23)24/h1-3,10-12H,4-9H2,(H,20,22)(H,23,24)/t10-,11+,12?/m0/s1. The van der Waals surface area contributed by atoms with E-state index >= 15 is 0 Å². The Morgan fingerprint density at radius 1 is 1.12 bits per heavy atom. The number of hydrogen-bond donors (Lipinski definition) is 2. The van der Waals surface area contributed by atoms with Crippen molar-refractivity contribution in [2.45, 2.75) is 31.7 Å². The number of anilines is 1. The molecule has 1 unspecified atom stereocenters. The fourth-order valence-corrected chi connectivity index (χ4v) is 3.64. The van der Waals surface area contributed by atoms with Gasteiger partial charge >= 0.3 is 5.97 Å². The molecular weight excluding hydrogens is 318 g/mol. The van der Waals surface area contributed by atoms with E-state index in [1.165, 1.54) is 18.2 Å². The zero-order valence-corrected chi connectivity index (χ0v) is 13.2. The maximum Gasteiger partial charge on any atom is 0.306 e. The van der Waals surface area contributed by atoms with Crippen LogP contribution in [0.4, 0.5) is 14.5 Å². The first-order valence-corrected chi connectivity index (χ1v) is 8.18. The summed E-state index contributed by atoms with van der Waals surface area (Å²) >= 11 is 0. The maximum atomic E-state index is 13.8. The summed E-state index contributed by atoms with van der Waals surface area (Å²) in [6.45, 7) is 0.809. The van der Waals surface area contributed by atoms with E-state index < -0.39 is 23.5 Å². The number of rotatable bonds is 4. The van der Waals surface area contributed by atoms with Crippen molar-refractivity contribution in [2.24, 2.45) is 11.8 Å². The molecule has 24 heavy (non-hydrogen) atoms. The van der Waals surface area contributed by atoms with Crippen LogP contribution in [0, 0.1) is 23.5 Å². The second-order valence-corrected chi connectivity index (χ2v) is 6.56. The van der Waals surface area contributed by atoms with E-state index in [1.54, 1.807) is 4.90 Å². The molecule has 0 aromatic heterocycles. The summed E-state index contributed by atoms with van der Waals surface area (Å²) in [4.78, 5) is 24.8. The largest absolute Gasteiger partial charge is 0.481 e. The van der Waals surface area contributed by atoms with Crippen LogP contribution in [0.25, 0.3) is 0 Å². The van der Waals surface area contributed by atoms with E-state index in [4.69, 9.17) is 5.11 Å². The summed E-state index contributed by atoms with van der Waals surface area (Å²) in [7, 11) is 0. The molecule has 0 bridgehead atoms. The molecule has 1 saturated carbocycles. The van der Waals surface area contributed by atoms with E-state index in [0.29, 0.717) is 38.8 Å². The number of aliphatic carboxylic acids is 1. The first-order chi connectivity index (χ1) is 11.5. The number of nitrogens with one attached hydrogen (secondary N) is 1. The molecule has 0 spiro atoms. The van der Waals surface area contributed by atoms with Gasteiger partial charge in [0, 0.05) is 25.0 Å². The monoisotopic (exact) mass is 338 g/mol. The average molecular weight is 338 g/mol. The Kier molecular flexibility index (Phi) is 4.69. The molecule has 1 aliphatic heterocycles. The number of carbonyl (C=O) groups is 2. The van der Waals surface area contributed by atoms with Crippen molar-refractivity contribution >= 4 is 17.6 Å². The lowest BCUT2D eigenvalue weighted by molar-refractivity contribution is -0.141. The van der Waals surface area contributed by atoms with Gasteiger partial charge in [-0.3, -0.25) is 9.59 Å². The van der Waals surface area contributed by atoms with Gasteiger partial charge in [0.25, 0.3) is 0 Å². The van der Waals surface area contributed by atoms with Crippen LogP contribution in [0.1, 0.15) is 25.7 Å². The molecule has 3 rings (SSSR count). The third-order valence-corrected chi connectivity index (χ3v) is 4.94. The van der Waals surface area contributed by atoms with Crippen LogP contribution in [0.5, 0.6) is 0 Å². The Bertz CT molecular complexity index is 632. The molecule has 1 aromatic rings. The van der Waals surface area contributed by atoms with Gasteiger partial charge in [0.2, 0.25) is 5.91 Å². The summed E-state index contributed by atoms with van der Waals surface area (Å²) in [5.41, 5.74) is -0.0546. The van der Waals surface area contributed by atoms with Gasteiger partial charge in [-0.1, -0.05) is 6.07 Å². The highest BCUT2D eigenvalue weighted by molar-refractivity contribution is 5.81. The third kappa shape index (κ3) is 3.34. The highest BCUT2D eigenvalue weighted by Gasteiger charge is 2.35. The van der Waals surface area contributed by atoms with Crippen LogP contribution >= 0.6 is 0 Å². The summed E-state index contributed by atoms with van der Waals surface area (Å²) in [5.74, 6) is -2.96. The number of carbonyl (C=O) groups excluding carboxylic acids is 1. The van der Waals surface area contributed by atoms with Crippen molar-refractivity contribution < 1.29 is 23.5 Å². The number of para-hydroxylation sites is 1. The molecule has 1 saturated heterocycles. The van der Waals surface area contributed by atoms with Gasteiger partial charge in [-0.05, 0) is 37.8 Å². The number of benzene rings is 1. The van der Waals surface area contributed by atoms with Crippen molar-refractivity contribution in [1.29, 1.82) is 0 Å². The zero-order valence-electron chi connectivity index (χ0n) is 13.2. The SMILES string of the molecule is O=C(O)[C@@H]1CC[C@H](C(=O)NC2CCN(c3c(F)cccc3F)C2)C1. The molecule has 1 amide bonds. The second kappa shape index (κ2) is 6.75. The predicted molar refractivity (Wildman–Crippen MR) is 83.6 cm³/mol. The summed E-state index contributed by atoms with van der Waals surface area (Å²) < 4.78 is 27.7. The minimum absolute atomic E-state index is 0.0546. The number of carboxylic acids is 1. The van der Waals surface area contributed by atoms with E-state index in [-0.39, 0.29) is 23.6 Å². The molecule has 1 aliphatic carbocycles. The average Bonchev–Trinajstić information content (AvgIpc) is 3.16. The number of halogens is 2. The van der Waals surface area contributed by atoms with Crippen LogP contribution in [0.3, 0.4) is 0 Å². The van der Waals surface area contributed by atoms with Crippen LogP contribution < -0.4 is 10.2 Å². The Labute approximate surface area is 138 Å². The van der Waals surface area contributed by atoms with Crippen LogP contribution in [-0.4, -0.2) is 36.1 Å². The number of nitrogens with zero attached hydrogens (tertiary/aromatic N) is 1. The van der Waals surface area contributed by atoms with Gasteiger partial charge in [-0.25, -0.2) is 8.78 Å². The van der Waals surface area contributed by atoms with Crippen molar-refractivity contribution in [2.75, 3.05) is 18.0 Å². The fraction of sp³-hybridized carbons (Fsp3) is 0.529. The Balaban J connectivity index is 1.57. The van der Waals surface area contributed by atoms with Gasteiger partial charge in [-0.15, -0.1) is 0 Å². The molecule has 5 nitrogen and oxygen atoms in total. The Morgan fingerprint density at radius 2 is 1.79 bits per heavy atom. The Hall–Kier alpha value is -2.18. The molecule has 1 heterocycles. The van der Waals surface area contributed by atoms with E-state index in [9.17, 15) is 18.4 Å². The number of amides is 1. The number of carboxylic acid groups (broad SMARTS) is 1. The van der Waals surface area contributed by atoms with Crippen molar-refractivity contribution in [3.05, 3.63) is 29.8 Å². The summed E-state index contributed by atoms with van der Waals surface area (Å²) in [6, 6.07) is 3.58. The predicted octanol–water partition coefficient (Wildman–Crippen LogP) is 2.16. The van der Waals surface area contributed by atoms with E-state index in [0.717, 1.165) is 0 Å². The van der Waals surface area contributed by atoms with Crippen LogP contribution in [0.2, 0.25) is 0 Å². The fourth-order valence-electron chi connectivity index (χ4n) is 3.64. The maximum absolute atomic E-state index is 13.8. The molecule has 3 atom stereocenters. The molecule has 0 radical (unpaired) electrons. The smallest absolute Gasteiger partial charge is 0.306 e. The summed E-state index contributed by atoms with van der Waals surface area (Å²) in [6.07, 6.45) is 2.06. The normalized spacial score (nSPS) is 26.6. The lowest BCUT2D eigenvalue weighted by atomic mass is 10.0. The summed E-state index contributed by atoms with van der Waals surface area (Å²) in [5, 5.41) is 11.9. The second-order valence-electron chi connectivity index (χ2n) is 6.56. The van der Waals surface area contributed by atoms with Crippen LogP contribution in [-0.2, 0) is 9.59 Å². The van der Waals surface area contributed by atoms with Crippen molar-refractivity contribution in [1.82, 2.24) is 5.32 Å². The quantitative estimate of drug-likeness (QED) is 0.883. The molecule has 130 valence electrons. The van der Waals surface area contributed by atoms with Gasteiger partial charge in [-0.2, -0.15) is 0 Å². The topological polar surface area (TPSA) is 69.6 Å². The first-order valence-electron chi connectivity index (χ1n) is 8.18. The van der Waals surface area contributed by atoms with Gasteiger partial charge in [0.05, 0.1) is 5.92 Å². The highest BCUT2D eigenvalue weighted by Crippen LogP contribution is 2.32. The highest BCUT2D eigenvalue weighted by atomic mass is 19.1. The van der Waals surface area contributed by atoms with Crippen molar-refractivity contribution in [3.63, 3.8) is 0 Å². The molecule has 2 N–H and O–H groups in total. The number of hydrogen-bond acceptors (Lipinski definition) is 3.